The number of carboxylic acids is 1. The molecule has 0 spiro atoms. The van der Waals surface area contributed by atoms with Crippen LogP contribution in [0.1, 0.15) is 29.2 Å². The lowest BCUT2D eigenvalue weighted by molar-refractivity contribution is -0.142. The number of carbonyl (C=O) groups excluding carboxylic acids is 2. The zero-order valence-corrected chi connectivity index (χ0v) is 18.0. The molecule has 2 aromatic rings. The number of nitrogens with one attached hydrogen (secondary N) is 1. The number of hydrogen-bond acceptors (Lipinski definition) is 6. The average Bonchev–Trinajstić information content (AvgIpc) is 3.46. The smallest absolute Gasteiger partial charge is 0.305 e. The van der Waals surface area contributed by atoms with Crippen LogP contribution in [0.4, 0.5) is 0 Å². The summed E-state index contributed by atoms with van der Waals surface area (Å²) in [5.74, 6) is -1.81. The number of benzene rings is 1. The molecule has 1 saturated heterocycles. The van der Waals surface area contributed by atoms with Crippen LogP contribution in [-0.4, -0.2) is 44.6 Å². The number of hydrogen-bond donors (Lipinski definition) is 2. The lowest BCUT2D eigenvalue weighted by Gasteiger charge is -2.43. The van der Waals surface area contributed by atoms with Crippen LogP contribution in [0.5, 0.6) is 0 Å². The first-order chi connectivity index (χ1) is 15.0. The predicted molar refractivity (Wildman–Crippen MR) is 114 cm³/mol. The van der Waals surface area contributed by atoms with Gasteiger partial charge >= 0.3 is 10.8 Å². The maximum absolute atomic E-state index is 13.2. The lowest BCUT2D eigenvalue weighted by atomic mass is 9.68. The van der Waals surface area contributed by atoms with Gasteiger partial charge < -0.3 is 10.1 Å². The largest absolute Gasteiger partial charge is 0.481 e. The summed E-state index contributed by atoms with van der Waals surface area (Å²) in [6.45, 7) is -0.0509. The molecule has 2 bridgehead atoms. The first-order valence-corrected chi connectivity index (χ1v) is 12.2. The first kappa shape index (κ1) is 19.3. The lowest BCUT2D eigenvalue weighted by Crippen LogP contribution is -2.42. The molecule has 1 aromatic carbocycles. The molecule has 3 heterocycles. The van der Waals surface area contributed by atoms with E-state index < -0.39 is 5.97 Å². The zero-order chi connectivity index (χ0) is 21.4. The van der Waals surface area contributed by atoms with E-state index in [0.29, 0.717) is 0 Å². The van der Waals surface area contributed by atoms with Crippen LogP contribution in [-0.2, 0) is 14.4 Å². The maximum Gasteiger partial charge on any atom is 0.305 e. The summed E-state index contributed by atoms with van der Waals surface area (Å²) in [5.41, 5.74) is 1.14. The fourth-order valence-corrected chi connectivity index (χ4v) is 9.43. The fourth-order valence-electron chi connectivity index (χ4n) is 6.54. The molecule has 0 unspecified atom stereocenters. The summed E-state index contributed by atoms with van der Waals surface area (Å²) in [6, 6.07) is 10.1. The number of nitrogens with zero attached hydrogens (tertiary/aromatic N) is 1. The Balaban J connectivity index is 1.41. The van der Waals surface area contributed by atoms with Gasteiger partial charge in [-0.05, 0) is 29.7 Å². The van der Waals surface area contributed by atoms with Gasteiger partial charge in [0.2, 0.25) is 11.8 Å². The van der Waals surface area contributed by atoms with E-state index in [4.69, 9.17) is 5.11 Å². The highest BCUT2D eigenvalue weighted by Crippen LogP contribution is 2.68. The number of amides is 2. The van der Waals surface area contributed by atoms with Crippen molar-refractivity contribution in [3.8, 4) is 0 Å². The van der Waals surface area contributed by atoms with Crippen molar-refractivity contribution in [1.82, 2.24) is 9.88 Å². The summed E-state index contributed by atoms with van der Waals surface area (Å²) in [5, 5.41) is 10.1. The summed E-state index contributed by atoms with van der Waals surface area (Å²) >= 11 is 2.91. The van der Waals surface area contributed by atoms with Gasteiger partial charge in [0.05, 0.1) is 23.3 Å². The molecule has 9 heteroatoms. The van der Waals surface area contributed by atoms with Gasteiger partial charge in [0.1, 0.15) is 0 Å². The third-order valence-electron chi connectivity index (χ3n) is 7.52. The Bertz CT molecular complexity index is 1160. The van der Waals surface area contributed by atoms with Gasteiger partial charge in [0.25, 0.3) is 0 Å². The molecule has 6 rings (SSSR count). The normalized spacial score (nSPS) is 35.2. The molecule has 7 atom stereocenters. The number of aromatic nitrogens is 1. The second-order valence-electron chi connectivity index (χ2n) is 8.84. The topological polar surface area (TPSA) is 108 Å². The van der Waals surface area contributed by atoms with Crippen molar-refractivity contribution in [2.24, 2.45) is 29.6 Å². The van der Waals surface area contributed by atoms with Gasteiger partial charge in [-0.3, -0.25) is 24.1 Å². The number of thiazole rings is 1. The number of carboxylic acid groups (broad SMARTS) is 1. The molecule has 31 heavy (non-hydrogen) atoms. The van der Waals surface area contributed by atoms with Crippen molar-refractivity contribution in [3.05, 3.63) is 50.4 Å². The van der Waals surface area contributed by atoms with Crippen molar-refractivity contribution >= 4 is 40.9 Å². The van der Waals surface area contributed by atoms with Gasteiger partial charge in [-0.25, -0.2) is 0 Å². The van der Waals surface area contributed by atoms with Crippen LogP contribution in [0.25, 0.3) is 0 Å². The molecule has 2 N–H and O–H groups in total. The quantitative estimate of drug-likeness (QED) is 0.684. The standard InChI is InChI=1S/C22H20N2O5S2/c25-12(26)6-7-24-20(27)15-10-8-11(16(15)21(24)28)17-14(10)13(9-4-2-1-3-5-9)18-19(30-17)23-22(29)31-18/h1-5,10-11,13-17H,6-8H2,(H,23,29)(H,25,26)/t10-,11-,13+,14-,15+,16-,17+/m1/s1. The number of rotatable bonds is 4. The molecular weight excluding hydrogens is 436 g/mol. The third-order valence-corrected chi connectivity index (χ3v) is 10.1. The van der Waals surface area contributed by atoms with Crippen LogP contribution in [0.15, 0.2) is 40.2 Å². The van der Waals surface area contributed by atoms with E-state index in [-0.39, 0.29) is 70.4 Å². The Morgan fingerprint density at radius 2 is 1.81 bits per heavy atom. The van der Waals surface area contributed by atoms with E-state index in [9.17, 15) is 19.2 Å². The molecule has 4 aliphatic rings. The van der Waals surface area contributed by atoms with E-state index in [2.05, 4.69) is 17.1 Å². The van der Waals surface area contributed by atoms with Crippen molar-refractivity contribution < 1.29 is 19.5 Å². The summed E-state index contributed by atoms with van der Waals surface area (Å²) in [4.78, 5) is 54.7. The van der Waals surface area contributed by atoms with Gasteiger partial charge in [0, 0.05) is 22.6 Å². The number of fused-ring (bicyclic) bond motifs is 9. The third kappa shape index (κ3) is 2.65. The van der Waals surface area contributed by atoms with E-state index >= 15 is 0 Å². The van der Waals surface area contributed by atoms with Crippen molar-refractivity contribution in [2.75, 3.05) is 6.54 Å². The zero-order valence-electron chi connectivity index (χ0n) is 16.4. The van der Waals surface area contributed by atoms with E-state index in [1.54, 1.807) is 11.8 Å². The average molecular weight is 457 g/mol. The Morgan fingerprint density at radius 3 is 2.52 bits per heavy atom. The van der Waals surface area contributed by atoms with Gasteiger partial charge in [-0.15, -0.1) is 11.8 Å². The fraction of sp³-hybridized carbons (Fsp3) is 0.455. The van der Waals surface area contributed by atoms with E-state index in [0.717, 1.165) is 21.9 Å². The SMILES string of the molecule is O=C(O)CCN1C(=O)[C@@H]2[C@H]3C[C@@H]([C@@H]2C1=O)[C@@H]1[C@H](c2ccccc2)c2sc(=O)[nH]c2S[C@@H]31. The van der Waals surface area contributed by atoms with E-state index in [1.165, 1.54) is 16.2 Å². The number of carbonyl (C=O) groups is 3. The van der Waals surface area contributed by atoms with Crippen molar-refractivity contribution in [1.29, 1.82) is 0 Å². The number of thioether (sulfide) groups is 1. The summed E-state index contributed by atoms with van der Waals surface area (Å²) < 4.78 is 0. The maximum atomic E-state index is 13.2. The van der Waals surface area contributed by atoms with Crippen molar-refractivity contribution in [3.63, 3.8) is 0 Å². The van der Waals surface area contributed by atoms with Gasteiger partial charge in [-0.1, -0.05) is 41.7 Å². The highest BCUT2D eigenvalue weighted by Gasteiger charge is 2.69. The minimum absolute atomic E-state index is 0.0262. The first-order valence-electron chi connectivity index (χ1n) is 10.5. The Hall–Kier alpha value is -2.39. The second kappa shape index (κ2) is 6.80. The number of likely N-dealkylation sites (tertiary alicyclic amines) is 1. The minimum Gasteiger partial charge on any atom is -0.481 e. The number of aromatic amines is 1. The number of H-pyrrole nitrogens is 1. The Kier molecular flexibility index (Phi) is 4.24. The molecule has 1 aromatic heterocycles. The molecular formula is C22H20N2O5S2. The number of aliphatic carboxylic acids is 1. The highest BCUT2D eigenvalue weighted by molar-refractivity contribution is 8.00. The Labute approximate surface area is 185 Å². The monoisotopic (exact) mass is 456 g/mol. The molecule has 2 saturated carbocycles. The van der Waals surface area contributed by atoms with Gasteiger partial charge in [-0.2, -0.15) is 0 Å². The minimum atomic E-state index is -1.01. The van der Waals surface area contributed by atoms with Crippen LogP contribution in [0, 0.1) is 29.6 Å². The van der Waals surface area contributed by atoms with Crippen LogP contribution >= 0.6 is 23.1 Å². The molecule has 2 amide bonds. The van der Waals surface area contributed by atoms with Crippen LogP contribution < -0.4 is 4.87 Å². The Morgan fingerprint density at radius 1 is 1.10 bits per heavy atom. The van der Waals surface area contributed by atoms with Crippen LogP contribution in [0.2, 0.25) is 0 Å². The molecule has 2 aliphatic carbocycles. The van der Waals surface area contributed by atoms with E-state index in [1.807, 2.05) is 18.2 Å². The van der Waals surface area contributed by atoms with Crippen LogP contribution in [0.3, 0.4) is 0 Å². The molecule has 0 radical (unpaired) electrons. The molecule has 2 aliphatic heterocycles. The molecule has 160 valence electrons. The molecule has 3 fully saturated rings. The predicted octanol–water partition coefficient (Wildman–Crippen LogP) is 2.38. The summed E-state index contributed by atoms with van der Waals surface area (Å²) in [6.07, 6.45) is 0.615. The second-order valence-corrected chi connectivity index (χ2v) is 11.0. The number of imide groups is 1. The van der Waals surface area contributed by atoms with Crippen molar-refractivity contribution in [2.45, 2.75) is 29.0 Å². The summed E-state index contributed by atoms with van der Waals surface area (Å²) in [7, 11) is 0. The van der Waals surface area contributed by atoms with Gasteiger partial charge in [0.15, 0.2) is 0 Å². The molecule has 7 nitrogen and oxygen atoms in total. The highest BCUT2D eigenvalue weighted by atomic mass is 32.2.